The van der Waals surface area contributed by atoms with Crippen LogP contribution in [-0.2, 0) is 4.74 Å². The summed E-state index contributed by atoms with van der Waals surface area (Å²) in [4.78, 5) is 0. The molecule has 0 aromatic heterocycles. The average Bonchev–Trinajstić information content (AvgIpc) is 2.24. The van der Waals surface area contributed by atoms with Gasteiger partial charge in [0.2, 0.25) is 0 Å². The van der Waals surface area contributed by atoms with E-state index in [-0.39, 0.29) is 12.6 Å². The van der Waals surface area contributed by atoms with Crippen LogP contribution in [0.15, 0.2) is 0 Å². The third kappa shape index (κ3) is 8.05. The standard InChI is InChI=1S/C12H28N2O2/c1-10(2)7-12(8-15)14-11(9-16-3)5-4-6-13/h10-12,14-15H,4-9,13H2,1-3H3. The minimum absolute atomic E-state index is 0.165. The van der Waals surface area contributed by atoms with E-state index in [0.29, 0.717) is 25.1 Å². The molecule has 0 amide bonds. The molecule has 0 saturated carbocycles. The van der Waals surface area contributed by atoms with Gasteiger partial charge in [-0.25, -0.2) is 0 Å². The van der Waals surface area contributed by atoms with Gasteiger partial charge < -0.3 is 20.9 Å². The Morgan fingerprint density at radius 2 is 2.00 bits per heavy atom. The first kappa shape index (κ1) is 15.8. The summed E-state index contributed by atoms with van der Waals surface area (Å²) in [5.41, 5.74) is 5.50. The Bertz CT molecular complexity index is 154. The number of aliphatic hydroxyl groups excluding tert-OH is 1. The number of rotatable bonds is 10. The van der Waals surface area contributed by atoms with Gasteiger partial charge in [0.1, 0.15) is 0 Å². The lowest BCUT2D eigenvalue weighted by molar-refractivity contribution is 0.138. The van der Waals surface area contributed by atoms with E-state index in [9.17, 15) is 5.11 Å². The Labute approximate surface area is 99.6 Å². The van der Waals surface area contributed by atoms with Gasteiger partial charge in [0.05, 0.1) is 13.2 Å². The van der Waals surface area contributed by atoms with Crippen molar-refractivity contribution in [1.29, 1.82) is 0 Å². The van der Waals surface area contributed by atoms with E-state index in [1.54, 1.807) is 7.11 Å². The lowest BCUT2D eigenvalue weighted by Gasteiger charge is -2.25. The van der Waals surface area contributed by atoms with Gasteiger partial charge in [-0.15, -0.1) is 0 Å². The Hall–Kier alpha value is -0.160. The molecule has 0 aromatic carbocycles. The van der Waals surface area contributed by atoms with E-state index in [1.807, 2.05) is 0 Å². The van der Waals surface area contributed by atoms with Crippen LogP contribution in [0.25, 0.3) is 0 Å². The molecule has 2 atom stereocenters. The molecule has 0 saturated heterocycles. The SMILES string of the molecule is COCC(CCCN)NC(CO)CC(C)C. The fourth-order valence-electron chi connectivity index (χ4n) is 1.88. The van der Waals surface area contributed by atoms with Gasteiger partial charge in [0.25, 0.3) is 0 Å². The zero-order valence-corrected chi connectivity index (χ0v) is 10.9. The third-order valence-electron chi connectivity index (χ3n) is 2.57. The molecule has 0 aliphatic rings. The van der Waals surface area contributed by atoms with Gasteiger partial charge in [0, 0.05) is 19.2 Å². The highest BCUT2D eigenvalue weighted by Crippen LogP contribution is 2.07. The Morgan fingerprint density at radius 1 is 1.31 bits per heavy atom. The monoisotopic (exact) mass is 232 g/mol. The Balaban J connectivity index is 4.00. The fourth-order valence-corrected chi connectivity index (χ4v) is 1.88. The van der Waals surface area contributed by atoms with Gasteiger partial charge >= 0.3 is 0 Å². The molecule has 4 N–H and O–H groups in total. The van der Waals surface area contributed by atoms with Gasteiger partial charge in [-0.2, -0.15) is 0 Å². The van der Waals surface area contributed by atoms with Gasteiger partial charge in [-0.3, -0.25) is 0 Å². The maximum atomic E-state index is 9.29. The van der Waals surface area contributed by atoms with Crippen molar-refractivity contribution in [2.24, 2.45) is 11.7 Å². The predicted molar refractivity (Wildman–Crippen MR) is 67.4 cm³/mol. The molecule has 0 rings (SSSR count). The van der Waals surface area contributed by atoms with Crippen molar-refractivity contribution < 1.29 is 9.84 Å². The highest BCUT2D eigenvalue weighted by Gasteiger charge is 2.15. The largest absolute Gasteiger partial charge is 0.395 e. The fraction of sp³-hybridized carbons (Fsp3) is 1.00. The molecule has 4 nitrogen and oxygen atoms in total. The zero-order chi connectivity index (χ0) is 12.4. The highest BCUT2D eigenvalue weighted by molar-refractivity contribution is 4.75. The molecule has 0 radical (unpaired) electrons. The summed E-state index contributed by atoms with van der Waals surface area (Å²) >= 11 is 0. The maximum Gasteiger partial charge on any atom is 0.0615 e. The zero-order valence-electron chi connectivity index (χ0n) is 10.9. The molecule has 98 valence electrons. The summed E-state index contributed by atoms with van der Waals surface area (Å²) in [6, 6.07) is 0.461. The topological polar surface area (TPSA) is 67.5 Å². The summed E-state index contributed by atoms with van der Waals surface area (Å²) in [6.07, 6.45) is 2.97. The number of hydrogen-bond acceptors (Lipinski definition) is 4. The van der Waals surface area contributed by atoms with Crippen LogP contribution in [0.5, 0.6) is 0 Å². The molecule has 0 aromatic rings. The summed E-state index contributed by atoms with van der Waals surface area (Å²) in [6.45, 7) is 5.89. The van der Waals surface area contributed by atoms with Crippen LogP contribution in [0, 0.1) is 5.92 Å². The number of ether oxygens (including phenoxy) is 1. The number of methoxy groups -OCH3 is 1. The van der Waals surface area contributed by atoms with E-state index in [2.05, 4.69) is 19.2 Å². The number of hydrogen-bond donors (Lipinski definition) is 3. The second kappa shape index (κ2) is 10.0. The second-order valence-electron chi connectivity index (χ2n) is 4.76. The highest BCUT2D eigenvalue weighted by atomic mass is 16.5. The first-order valence-electron chi connectivity index (χ1n) is 6.19. The van der Waals surface area contributed by atoms with Crippen LogP contribution in [0.4, 0.5) is 0 Å². The van der Waals surface area contributed by atoms with Crippen LogP contribution in [0.2, 0.25) is 0 Å². The van der Waals surface area contributed by atoms with Crippen molar-refractivity contribution >= 4 is 0 Å². The summed E-state index contributed by atoms with van der Waals surface area (Å²) in [5, 5.41) is 12.7. The molecule has 4 heteroatoms. The summed E-state index contributed by atoms with van der Waals surface area (Å²) in [7, 11) is 1.70. The maximum absolute atomic E-state index is 9.29. The quantitative estimate of drug-likeness (QED) is 0.519. The lowest BCUT2D eigenvalue weighted by atomic mass is 10.0. The van der Waals surface area contributed by atoms with Crippen molar-refractivity contribution in [3.05, 3.63) is 0 Å². The molecule has 2 unspecified atom stereocenters. The normalized spacial score (nSPS) is 15.4. The minimum Gasteiger partial charge on any atom is -0.395 e. The Kier molecular flexibility index (Phi) is 9.92. The van der Waals surface area contributed by atoms with E-state index < -0.39 is 0 Å². The first-order valence-corrected chi connectivity index (χ1v) is 6.19. The van der Waals surface area contributed by atoms with E-state index in [1.165, 1.54) is 0 Å². The molecular weight excluding hydrogens is 204 g/mol. The van der Waals surface area contributed by atoms with Gasteiger partial charge in [-0.05, 0) is 31.7 Å². The Morgan fingerprint density at radius 3 is 2.44 bits per heavy atom. The molecule has 0 heterocycles. The van der Waals surface area contributed by atoms with Crippen LogP contribution in [0.1, 0.15) is 33.1 Å². The molecule has 0 aliphatic carbocycles. The average molecular weight is 232 g/mol. The van der Waals surface area contributed by atoms with Crippen LogP contribution >= 0.6 is 0 Å². The number of nitrogens with one attached hydrogen (secondary N) is 1. The smallest absolute Gasteiger partial charge is 0.0615 e. The van der Waals surface area contributed by atoms with E-state index >= 15 is 0 Å². The van der Waals surface area contributed by atoms with Crippen molar-refractivity contribution in [1.82, 2.24) is 5.32 Å². The molecule has 0 spiro atoms. The number of nitrogens with two attached hydrogens (primary N) is 1. The van der Waals surface area contributed by atoms with E-state index in [4.69, 9.17) is 10.5 Å². The van der Waals surface area contributed by atoms with Crippen molar-refractivity contribution in [2.75, 3.05) is 26.9 Å². The van der Waals surface area contributed by atoms with Crippen LogP contribution < -0.4 is 11.1 Å². The van der Waals surface area contributed by atoms with Crippen molar-refractivity contribution in [3.8, 4) is 0 Å². The molecule has 0 bridgehead atoms. The van der Waals surface area contributed by atoms with Crippen molar-refractivity contribution in [2.45, 2.75) is 45.2 Å². The molecular formula is C12H28N2O2. The summed E-state index contributed by atoms with van der Waals surface area (Å²) < 4.78 is 5.17. The van der Waals surface area contributed by atoms with Gasteiger partial charge in [-0.1, -0.05) is 13.8 Å². The van der Waals surface area contributed by atoms with Gasteiger partial charge in [0.15, 0.2) is 0 Å². The van der Waals surface area contributed by atoms with Crippen molar-refractivity contribution in [3.63, 3.8) is 0 Å². The predicted octanol–water partition coefficient (Wildman–Crippen LogP) is 0.737. The number of aliphatic hydroxyl groups is 1. The molecule has 0 fully saturated rings. The third-order valence-corrected chi connectivity index (χ3v) is 2.57. The second-order valence-corrected chi connectivity index (χ2v) is 4.76. The first-order chi connectivity index (χ1) is 7.63. The van der Waals surface area contributed by atoms with Crippen LogP contribution in [-0.4, -0.2) is 44.1 Å². The molecule has 0 aliphatic heterocycles. The van der Waals surface area contributed by atoms with Crippen LogP contribution in [0.3, 0.4) is 0 Å². The lowest BCUT2D eigenvalue weighted by Crippen LogP contribution is -2.43. The molecule has 16 heavy (non-hydrogen) atoms. The minimum atomic E-state index is 0.165. The summed E-state index contributed by atoms with van der Waals surface area (Å²) in [5.74, 6) is 0.586. The van der Waals surface area contributed by atoms with E-state index in [0.717, 1.165) is 19.3 Å².